The van der Waals surface area contributed by atoms with Gasteiger partial charge in [-0.3, -0.25) is 0 Å². The Morgan fingerprint density at radius 3 is 2.68 bits per heavy atom. The van der Waals surface area contributed by atoms with Crippen LogP contribution in [0.25, 0.3) is 16.9 Å². The van der Waals surface area contributed by atoms with Gasteiger partial charge in [-0.1, -0.05) is 19.3 Å². The van der Waals surface area contributed by atoms with Gasteiger partial charge in [-0.2, -0.15) is 10.4 Å². The number of anilines is 1. The molecule has 25 heavy (non-hydrogen) atoms. The molecule has 0 saturated heterocycles. The largest absolute Gasteiger partial charge is 0.393 e. The van der Waals surface area contributed by atoms with Crippen molar-refractivity contribution in [2.24, 2.45) is 0 Å². The molecule has 0 amide bonds. The van der Waals surface area contributed by atoms with E-state index in [1.807, 2.05) is 0 Å². The zero-order valence-corrected chi connectivity index (χ0v) is 13.8. The molecule has 1 saturated carbocycles. The summed E-state index contributed by atoms with van der Waals surface area (Å²) in [5.74, 6) is 0.899. The SMILES string of the molecule is N#Cc1ccn2ncc(-c3nccc(N)n3)c2c1.OC1CCCCC1. The first-order valence-electron chi connectivity index (χ1n) is 8.32. The first-order chi connectivity index (χ1) is 12.2. The molecule has 3 heterocycles. The summed E-state index contributed by atoms with van der Waals surface area (Å²) in [5, 5.41) is 22.0. The predicted octanol–water partition coefficient (Wildman–Crippen LogP) is 2.56. The van der Waals surface area contributed by atoms with Crippen molar-refractivity contribution in [1.82, 2.24) is 19.6 Å². The summed E-state index contributed by atoms with van der Waals surface area (Å²) < 4.78 is 1.67. The molecule has 0 unspecified atom stereocenters. The van der Waals surface area contributed by atoms with Crippen LogP contribution in [0.4, 0.5) is 5.82 Å². The van der Waals surface area contributed by atoms with E-state index in [-0.39, 0.29) is 6.10 Å². The Balaban J connectivity index is 0.000000219. The highest BCUT2D eigenvalue weighted by molar-refractivity contribution is 5.76. The van der Waals surface area contributed by atoms with E-state index >= 15 is 0 Å². The molecule has 3 aromatic rings. The summed E-state index contributed by atoms with van der Waals surface area (Å²) in [5.41, 5.74) is 7.72. The third kappa shape index (κ3) is 4.11. The fourth-order valence-corrected chi connectivity index (χ4v) is 2.81. The molecule has 0 radical (unpaired) electrons. The molecule has 0 aromatic carbocycles. The number of aliphatic hydroxyl groups excluding tert-OH is 1. The van der Waals surface area contributed by atoms with Crippen LogP contribution >= 0.6 is 0 Å². The number of aliphatic hydroxyl groups is 1. The van der Waals surface area contributed by atoms with Gasteiger partial charge in [-0.05, 0) is 31.0 Å². The van der Waals surface area contributed by atoms with Gasteiger partial charge in [0.25, 0.3) is 0 Å². The van der Waals surface area contributed by atoms with Gasteiger partial charge < -0.3 is 10.8 Å². The van der Waals surface area contributed by atoms with E-state index in [1.54, 1.807) is 41.3 Å². The monoisotopic (exact) mass is 336 g/mol. The summed E-state index contributed by atoms with van der Waals surface area (Å²) in [4.78, 5) is 8.31. The zero-order chi connectivity index (χ0) is 17.6. The number of nitrogens with two attached hydrogens (primary N) is 1. The van der Waals surface area contributed by atoms with Crippen LogP contribution in [0.2, 0.25) is 0 Å². The Morgan fingerprint density at radius 2 is 2.04 bits per heavy atom. The smallest absolute Gasteiger partial charge is 0.165 e. The van der Waals surface area contributed by atoms with Gasteiger partial charge in [0, 0.05) is 12.4 Å². The van der Waals surface area contributed by atoms with Crippen molar-refractivity contribution in [3.63, 3.8) is 0 Å². The van der Waals surface area contributed by atoms with Gasteiger partial charge in [0.2, 0.25) is 0 Å². The number of nitriles is 1. The highest BCUT2D eigenvalue weighted by Gasteiger charge is 2.10. The van der Waals surface area contributed by atoms with Crippen molar-refractivity contribution in [2.45, 2.75) is 38.2 Å². The number of hydrogen-bond acceptors (Lipinski definition) is 6. The van der Waals surface area contributed by atoms with Crippen LogP contribution in [0.5, 0.6) is 0 Å². The average molecular weight is 336 g/mol. The molecular formula is C18H20N6O. The highest BCUT2D eigenvalue weighted by Crippen LogP contribution is 2.22. The number of pyridine rings is 1. The van der Waals surface area contributed by atoms with Crippen LogP contribution in [0.1, 0.15) is 37.7 Å². The summed E-state index contributed by atoms with van der Waals surface area (Å²) in [6.45, 7) is 0. The lowest BCUT2D eigenvalue weighted by Gasteiger charge is -2.14. The second-order valence-electron chi connectivity index (χ2n) is 6.01. The van der Waals surface area contributed by atoms with E-state index in [0.717, 1.165) is 23.9 Å². The minimum Gasteiger partial charge on any atom is -0.393 e. The van der Waals surface area contributed by atoms with Crippen molar-refractivity contribution in [3.05, 3.63) is 42.4 Å². The quantitative estimate of drug-likeness (QED) is 0.706. The van der Waals surface area contributed by atoms with Crippen LogP contribution in [0.15, 0.2) is 36.8 Å². The molecule has 0 spiro atoms. The van der Waals surface area contributed by atoms with E-state index in [1.165, 1.54) is 19.3 Å². The number of nitrogen functional groups attached to an aromatic ring is 1. The van der Waals surface area contributed by atoms with Crippen LogP contribution in [0.3, 0.4) is 0 Å². The Morgan fingerprint density at radius 1 is 1.24 bits per heavy atom. The fourth-order valence-electron chi connectivity index (χ4n) is 2.81. The molecule has 4 rings (SSSR count). The minimum absolute atomic E-state index is 0.0359. The first-order valence-corrected chi connectivity index (χ1v) is 8.32. The van der Waals surface area contributed by atoms with Crippen LogP contribution in [-0.4, -0.2) is 30.8 Å². The molecule has 7 heteroatoms. The molecule has 7 nitrogen and oxygen atoms in total. The van der Waals surface area contributed by atoms with Crippen molar-refractivity contribution in [3.8, 4) is 17.5 Å². The predicted molar refractivity (Wildman–Crippen MR) is 94.4 cm³/mol. The lowest BCUT2D eigenvalue weighted by molar-refractivity contribution is 0.130. The molecular weight excluding hydrogens is 316 g/mol. The topological polar surface area (TPSA) is 113 Å². The lowest BCUT2D eigenvalue weighted by Crippen LogP contribution is -2.09. The van der Waals surface area contributed by atoms with Crippen molar-refractivity contribution in [1.29, 1.82) is 5.26 Å². The normalized spacial score (nSPS) is 14.6. The fraction of sp³-hybridized carbons (Fsp3) is 0.333. The zero-order valence-electron chi connectivity index (χ0n) is 13.8. The Hall–Kier alpha value is -2.98. The van der Waals surface area contributed by atoms with Gasteiger partial charge in [0.1, 0.15) is 5.82 Å². The van der Waals surface area contributed by atoms with Gasteiger partial charge >= 0.3 is 0 Å². The third-order valence-corrected chi connectivity index (χ3v) is 4.14. The highest BCUT2D eigenvalue weighted by atomic mass is 16.3. The molecule has 1 fully saturated rings. The number of nitrogens with zero attached hydrogens (tertiary/aromatic N) is 5. The Bertz CT molecular complexity index is 892. The lowest BCUT2D eigenvalue weighted by atomic mass is 9.98. The maximum absolute atomic E-state index is 8.91. The van der Waals surface area contributed by atoms with Gasteiger partial charge in [-0.15, -0.1) is 0 Å². The standard InChI is InChI=1S/C12H8N6.C6H12O/c13-6-8-2-4-18-10(5-8)9(7-16-18)12-15-3-1-11(14)17-12;7-6-4-2-1-3-5-6/h1-5,7H,(H2,14,15,17);6-7H,1-5H2. The summed E-state index contributed by atoms with van der Waals surface area (Å²) in [6, 6.07) is 7.16. The molecule has 128 valence electrons. The van der Waals surface area contributed by atoms with Crippen LogP contribution < -0.4 is 5.73 Å². The van der Waals surface area contributed by atoms with Crippen molar-refractivity contribution in [2.75, 3.05) is 5.73 Å². The van der Waals surface area contributed by atoms with E-state index in [4.69, 9.17) is 16.1 Å². The summed E-state index contributed by atoms with van der Waals surface area (Å²) >= 11 is 0. The summed E-state index contributed by atoms with van der Waals surface area (Å²) in [7, 11) is 0. The van der Waals surface area contributed by atoms with Gasteiger partial charge in [-0.25, -0.2) is 14.5 Å². The molecule has 3 N–H and O–H groups in total. The molecule has 0 atom stereocenters. The first kappa shape index (κ1) is 16.9. The average Bonchev–Trinajstić information content (AvgIpc) is 3.06. The molecule has 0 bridgehead atoms. The summed E-state index contributed by atoms with van der Waals surface area (Å²) in [6.07, 6.45) is 10.9. The number of fused-ring (bicyclic) bond motifs is 1. The number of hydrogen-bond donors (Lipinski definition) is 2. The van der Waals surface area contributed by atoms with Crippen LogP contribution in [-0.2, 0) is 0 Å². The van der Waals surface area contributed by atoms with Gasteiger partial charge in [0.05, 0.1) is 35.0 Å². The van der Waals surface area contributed by atoms with Gasteiger partial charge in [0.15, 0.2) is 5.82 Å². The third-order valence-electron chi connectivity index (χ3n) is 4.14. The Labute approximate surface area is 145 Å². The number of aromatic nitrogens is 4. The van der Waals surface area contributed by atoms with Crippen molar-refractivity contribution >= 4 is 11.3 Å². The van der Waals surface area contributed by atoms with E-state index in [2.05, 4.69) is 21.1 Å². The van der Waals surface area contributed by atoms with E-state index in [0.29, 0.717) is 17.2 Å². The maximum Gasteiger partial charge on any atom is 0.165 e. The molecule has 3 aromatic heterocycles. The second kappa shape index (κ2) is 7.73. The van der Waals surface area contributed by atoms with E-state index in [9.17, 15) is 0 Å². The molecule has 1 aliphatic carbocycles. The second-order valence-corrected chi connectivity index (χ2v) is 6.01. The van der Waals surface area contributed by atoms with Crippen molar-refractivity contribution < 1.29 is 5.11 Å². The molecule has 0 aliphatic heterocycles. The molecule has 1 aliphatic rings. The Kier molecular flexibility index (Phi) is 5.21. The van der Waals surface area contributed by atoms with E-state index < -0.39 is 0 Å². The van der Waals surface area contributed by atoms with Crippen LogP contribution in [0, 0.1) is 11.3 Å². The minimum atomic E-state index is 0.0359. The number of rotatable bonds is 1. The maximum atomic E-state index is 8.91.